The lowest BCUT2D eigenvalue weighted by Crippen LogP contribution is -2.43. The maximum absolute atomic E-state index is 14.3. The minimum atomic E-state index is -0.398. The second-order valence-corrected chi connectivity index (χ2v) is 9.20. The van der Waals surface area contributed by atoms with Gasteiger partial charge in [-0.25, -0.2) is 4.39 Å². The SMILES string of the molecule is O=C1c2cc(Oc3ccc(N4CCNCC4)cc3)ccc2Nc2ccc(F)cc2N1Cc1ccccc1. The summed E-state index contributed by atoms with van der Waals surface area (Å²) in [6.45, 7) is 4.23. The van der Waals surface area contributed by atoms with Crippen molar-refractivity contribution in [1.29, 1.82) is 0 Å². The number of piperazine rings is 1. The lowest BCUT2D eigenvalue weighted by molar-refractivity contribution is 0.0986. The molecule has 6 rings (SSSR count). The van der Waals surface area contributed by atoms with Crippen LogP contribution in [0.3, 0.4) is 0 Å². The molecule has 2 aliphatic rings. The highest BCUT2D eigenvalue weighted by atomic mass is 19.1. The maximum atomic E-state index is 14.3. The molecule has 0 aromatic heterocycles. The summed E-state index contributed by atoms with van der Waals surface area (Å²) in [5, 5.41) is 6.68. The topological polar surface area (TPSA) is 56.8 Å². The number of benzene rings is 4. The zero-order chi connectivity index (χ0) is 25.2. The molecule has 2 heterocycles. The first kappa shape index (κ1) is 23.1. The van der Waals surface area contributed by atoms with Crippen LogP contribution >= 0.6 is 0 Å². The van der Waals surface area contributed by atoms with Crippen molar-refractivity contribution in [1.82, 2.24) is 5.32 Å². The van der Waals surface area contributed by atoms with Crippen LogP contribution in [-0.4, -0.2) is 32.1 Å². The number of ether oxygens (including phenoxy) is 1. The van der Waals surface area contributed by atoms with Gasteiger partial charge in [-0.05, 0) is 66.2 Å². The van der Waals surface area contributed by atoms with Gasteiger partial charge in [0.1, 0.15) is 17.3 Å². The van der Waals surface area contributed by atoms with Gasteiger partial charge in [0.25, 0.3) is 5.91 Å². The van der Waals surface area contributed by atoms with Crippen molar-refractivity contribution in [3.8, 4) is 11.5 Å². The molecule has 0 unspecified atom stereocenters. The van der Waals surface area contributed by atoms with Gasteiger partial charge in [0.2, 0.25) is 0 Å². The van der Waals surface area contributed by atoms with Crippen molar-refractivity contribution in [2.24, 2.45) is 0 Å². The lowest BCUT2D eigenvalue weighted by atomic mass is 10.1. The smallest absolute Gasteiger partial charge is 0.260 e. The second kappa shape index (κ2) is 9.95. The van der Waals surface area contributed by atoms with Crippen LogP contribution in [0, 0.1) is 5.82 Å². The second-order valence-electron chi connectivity index (χ2n) is 9.20. The largest absolute Gasteiger partial charge is 0.457 e. The Kier molecular flexibility index (Phi) is 6.20. The fourth-order valence-electron chi connectivity index (χ4n) is 4.81. The van der Waals surface area contributed by atoms with Crippen molar-refractivity contribution in [2.75, 3.05) is 41.3 Å². The highest BCUT2D eigenvalue weighted by Crippen LogP contribution is 2.39. The normalized spacial score (nSPS) is 14.9. The molecule has 7 heteroatoms. The zero-order valence-corrected chi connectivity index (χ0v) is 20.3. The molecule has 0 atom stereocenters. The summed E-state index contributed by atoms with van der Waals surface area (Å²) < 4.78 is 20.4. The Morgan fingerprint density at radius 2 is 1.54 bits per heavy atom. The average Bonchev–Trinajstić information content (AvgIpc) is 3.04. The molecule has 0 saturated carbocycles. The number of carbonyl (C=O) groups excluding carboxylic acids is 1. The summed E-state index contributed by atoms with van der Waals surface area (Å²) >= 11 is 0. The van der Waals surface area contributed by atoms with E-state index in [0.717, 1.165) is 37.4 Å². The molecule has 6 nitrogen and oxygen atoms in total. The predicted octanol–water partition coefficient (Wildman–Crippen LogP) is 5.93. The molecule has 0 radical (unpaired) electrons. The molecule has 0 spiro atoms. The van der Waals surface area contributed by atoms with Crippen molar-refractivity contribution < 1.29 is 13.9 Å². The Labute approximate surface area is 215 Å². The first-order valence-corrected chi connectivity index (χ1v) is 12.4. The summed E-state index contributed by atoms with van der Waals surface area (Å²) in [6.07, 6.45) is 0. The van der Waals surface area contributed by atoms with Crippen LogP contribution in [0.1, 0.15) is 15.9 Å². The number of nitrogens with one attached hydrogen (secondary N) is 2. The van der Waals surface area contributed by atoms with E-state index in [2.05, 4.69) is 27.7 Å². The van der Waals surface area contributed by atoms with Gasteiger partial charge in [-0.2, -0.15) is 0 Å². The van der Waals surface area contributed by atoms with Gasteiger partial charge in [0.05, 0.1) is 29.2 Å². The summed E-state index contributed by atoms with van der Waals surface area (Å²) in [5.74, 6) is 0.626. The molecule has 2 N–H and O–H groups in total. The molecule has 1 fully saturated rings. The van der Waals surface area contributed by atoms with Crippen molar-refractivity contribution in [3.63, 3.8) is 0 Å². The number of fused-ring (bicyclic) bond motifs is 2. The predicted molar refractivity (Wildman–Crippen MR) is 145 cm³/mol. The average molecular weight is 495 g/mol. The molecule has 186 valence electrons. The van der Waals surface area contributed by atoms with E-state index < -0.39 is 5.82 Å². The van der Waals surface area contributed by atoms with Gasteiger partial charge in [-0.1, -0.05) is 30.3 Å². The third-order valence-electron chi connectivity index (χ3n) is 6.72. The van der Waals surface area contributed by atoms with E-state index in [1.165, 1.54) is 12.1 Å². The van der Waals surface area contributed by atoms with Crippen LogP contribution in [0.25, 0.3) is 0 Å². The molecule has 1 amide bonds. The van der Waals surface area contributed by atoms with E-state index in [1.807, 2.05) is 54.6 Å². The molecular formula is C30H27FN4O2. The Morgan fingerprint density at radius 3 is 2.32 bits per heavy atom. The van der Waals surface area contributed by atoms with Crippen molar-refractivity contribution >= 4 is 28.7 Å². The molecule has 37 heavy (non-hydrogen) atoms. The first-order valence-electron chi connectivity index (χ1n) is 12.4. The summed E-state index contributed by atoms with van der Waals surface area (Å²) in [6, 6.07) is 27.6. The Hall–Kier alpha value is -4.36. The number of halogens is 1. The summed E-state index contributed by atoms with van der Waals surface area (Å²) in [4.78, 5) is 17.8. The first-order chi connectivity index (χ1) is 18.1. The Balaban J connectivity index is 1.29. The van der Waals surface area contributed by atoms with E-state index in [0.29, 0.717) is 40.7 Å². The molecular weight excluding hydrogens is 467 g/mol. The lowest BCUT2D eigenvalue weighted by Gasteiger charge is -2.29. The van der Waals surface area contributed by atoms with Crippen LogP contribution in [0.5, 0.6) is 11.5 Å². The Bertz CT molecular complexity index is 1420. The molecule has 0 aliphatic carbocycles. The molecule has 4 aromatic carbocycles. The van der Waals surface area contributed by atoms with E-state index in [-0.39, 0.29) is 5.91 Å². The van der Waals surface area contributed by atoms with Gasteiger partial charge in [0, 0.05) is 31.9 Å². The van der Waals surface area contributed by atoms with Crippen LogP contribution in [0.2, 0.25) is 0 Å². The van der Waals surface area contributed by atoms with Crippen LogP contribution in [0.4, 0.5) is 27.1 Å². The van der Waals surface area contributed by atoms with Crippen LogP contribution in [0.15, 0.2) is 91.0 Å². The Morgan fingerprint density at radius 1 is 0.811 bits per heavy atom. The number of hydrogen-bond acceptors (Lipinski definition) is 5. The number of hydrogen-bond donors (Lipinski definition) is 2. The molecule has 2 aliphatic heterocycles. The van der Waals surface area contributed by atoms with Crippen LogP contribution in [-0.2, 0) is 6.54 Å². The minimum absolute atomic E-state index is 0.227. The summed E-state index contributed by atoms with van der Waals surface area (Å²) in [5.41, 5.74) is 4.39. The van der Waals surface area contributed by atoms with Gasteiger partial charge >= 0.3 is 0 Å². The fourth-order valence-corrected chi connectivity index (χ4v) is 4.81. The van der Waals surface area contributed by atoms with Gasteiger partial charge in [-0.3, -0.25) is 4.79 Å². The minimum Gasteiger partial charge on any atom is -0.457 e. The van der Waals surface area contributed by atoms with E-state index in [1.54, 1.807) is 17.0 Å². The maximum Gasteiger partial charge on any atom is 0.260 e. The quantitative estimate of drug-likeness (QED) is 0.360. The monoisotopic (exact) mass is 494 g/mol. The fraction of sp³-hybridized carbons (Fsp3) is 0.167. The van der Waals surface area contributed by atoms with Gasteiger partial charge < -0.3 is 25.2 Å². The molecule has 1 saturated heterocycles. The highest BCUT2D eigenvalue weighted by Gasteiger charge is 2.28. The molecule has 4 aromatic rings. The van der Waals surface area contributed by atoms with Crippen molar-refractivity contribution in [2.45, 2.75) is 6.54 Å². The standard InChI is InChI=1S/C30H27FN4O2/c31-22-6-12-28-29(18-22)35(20-21-4-2-1-3-5-21)30(36)26-19-25(11-13-27(26)33-28)37-24-9-7-23(8-10-24)34-16-14-32-15-17-34/h1-13,18-19,32-33H,14-17,20H2. The highest BCUT2D eigenvalue weighted by molar-refractivity contribution is 6.13. The number of rotatable bonds is 5. The number of anilines is 4. The van der Waals surface area contributed by atoms with Crippen LogP contribution < -0.4 is 25.2 Å². The molecule has 0 bridgehead atoms. The van der Waals surface area contributed by atoms with E-state index in [4.69, 9.17) is 4.74 Å². The van der Waals surface area contributed by atoms with Gasteiger partial charge in [-0.15, -0.1) is 0 Å². The third-order valence-corrected chi connectivity index (χ3v) is 6.72. The number of nitrogens with zero attached hydrogens (tertiary/aromatic N) is 2. The number of carbonyl (C=O) groups is 1. The van der Waals surface area contributed by atoms with E-state index >= 15 is 0 Å². The summed E-state index contributed by atoms with van der Waals surface area (Å²) in [7, 11) is 0. The van der Waals surface area contributed by atoms with E-state index in [9.17, 15) is 9.18 Å². The van der Waals surface area contributed by atoms with Crippen molar-refractivity contribution in [3.05, 3.63) is 108 Å². The third kappa shape index (κ3) is 4.86. The van der Waals surface area contributed by atoms with Gasteiger partial charge in [0.15, 0.2) is 0 Å². The number of amides is 1. The zero-order valence-electron chi connectivity index (χ0n) is 20.3.